The van der Waals surface area contributed by atoms with E-state index in [4.69, 9.17) is 0 Å². The van der Waals surface area contributed by atoms with Crippen molar-refractivity contribution in [3.05, 3.63) is 0 Å². The summed E-state index contributed by atoms with van der Waals surface area (Å²) in [6.45, 7) is 0. The molecule has 4 saturated carbocycles. The second-order valence-electron chi connectivity index (χ2n) is 15.9. The summed E-state index contributed by atoms with van der Waals surface area (Å²) in [5, 5.41) is 54.9. The molecule has 0 spiro atoms. The highest BCUT2D eigenvalue weighted by Crippen LogP contribution is 2.45. The third-order valence-corrected chi connectivity index (χ3v) is 14.0. The molecule has 18 atom stereocenters. The zero-order valence-electron chi connectivity index (χ0n) is 25.2. The number of nitrogens with one attached hydrogen (secondary N) is 8. The van der Waals surface area contributed by atoms with Gasteiger partial charge in [0.2, 0.25) is 0 Å². The molecule has 9 rings (SSSR count). The molecule has 9 fully saturated rings. The molecule has 9 aliphatic rings. The van der Waals surface area contributed by atoms with E-state index in [2.05, 4.69) is 42.5 Å². The zero-order valence-corrected chi connectivity index (χ0v) is 25.2. The molecular weight excluding hydrogens is 528 g/mol. The maximum Gasteiger partial charge on any atom is 0.0858 e. The molecule has 10 N–H and O–H groups in total. The SMILES string of the molecule is OC1CCC2C3NC4NC(NC5NC(NC6NC(NC(N3)C2C1O)C1CCCCC61)C1CCCCC51)C1CCCCC41. The first-order chi connectivity index (χ1) is 20.6. The predicted octanol–water partition coefficient (Wildman–Crippen LogP) is 0.547. The van der Waals surface area contributed by atoms with E-state index in [1.54, 1.807) is 0 Å². The Morgan fingerprint density at radius 3 is 0.929 bits per heavy atom. The molecule has 8 bridgehead atoms. The van der Waals surface area contributed by atoms with Crippen molar-refractivity contribution in [2.24, 2.45) is 47.3 Å². The van der Waals surface area contributed by atoms with Crippen molar-refractivity contribution in [3.63, 3.8) is 0 Å². The Kier molecular flexibility index (Phi) is 7.39. The number of aliphatic hydroxyl groups excluding tert-OH is 2. The molecule has 10 nitrogen and oxygen atoms in total. The lowest BCUT2D eigenvalue weighted by atomic mass is 9.74. The Labute approximate surface area is 251 Å². The average molecular weight is 585 g/mol. The van der Waals surface area contributed by atoms with Crippen LogP contribution in [0.25, 0.3) is 0 Å². The van der Waals surface area contributed by atoms with E-state index in [0.29, 0.717) is 72.5 Å². The number of rotatable bonds is 0. The molecule has 5 heterocycles. The first-order valence-corrected chi connectivity index (χ1v) is 18.1. The topological polar surface area (TPSA) is 137 Å². The van der Waals surface area contributed by atoms with E-state index in [1.165, 1.54) is 77.0 Å². The van der Waals surface area contributed by atoms with Gasteiger partial charge in [0.15, 0.2) is 0 Å². The van der Waals surface area contributed by atoms with Crippen LogP contribution in [0.4, 0.5) is 0 Å². The van der Waals surface area contributed by atoms with Gasteiger partial charge in [0.25, 0.3) is 0 Å². The van der Waals surface area contributed by atoms with Crippen molar-refractivity contribution >= 4 is 0 Å². The highest BCUT2D eigenvalue weighted by atomic mass is 16.3. The van der Waals surface area contributed by atoms with Gasteiger partial charge in [-0.3, -0.25) is 42.5 Å². The first kappa shape index (κ1) is 27.9. The van der Waals surface area contributed by atoms with Crippen LogP contribution in [0.2, 0.25) is 0 Å². The second-order valence-corrected chi connectivity index (χ2v) is 15.9. The van der Waals surface area contributed by atoms with Crippen LogP contribution in [0.3, 0.4) is 0 Å². The average Bonchev–Trinajstić information content (AvgIpc) is 3.74. The van der Waals surface area contributed by atoms with E-state index in [0.717, 1.165) is 6.42 Å². The fraction of sp³-hybridized carbons (Fsp3) is 1.00. The van der Waals surface area contributed by atoms with Crippen molar-refractivity contribution in [2.45, 2.75) is 151 Å². The molecule has 4 aliphatic carbocycles. The van der Waals surface area contributed by atoms with Crippen molar-refractivity contribution in [1.82, 2.24) is 42.5 Å². The molecule has 236 valence electrons. The normalized spacial score (nSPS) is 59.0. The van der Waals surface area contributed by atoms with Gasteiger partial charge >= 0.3 is 0 Å². The Morgan fingerprint density at radius 2 is 0.595 bits per heavy atom. The van der Waals surface area contributed by atoms with Gasteiger partial charge in [-0.2, -0.15) is 0 Å². The van der Waals surface area contributed by atoms with Gasteiger partial charge < -0.3 is 10.2 Å². The zero-order chi connectivity index (χ0) is 27.9. The lowest BCUT2D eigenvalue weighted by Gasteiger charge is -2.39. The summed E-state index contributed by atoms with van der Waals surface area (Å²) in [7, 11) is 0. The van der Waals surface area contributed by atoms with Crippen LogP contribution >= 0.6 is 0 Å². The number of fused-ring (bicyclic) bond motifs is 20. The minimum Gasteiger partial charge on any atom is -0.390 e. The standard InChI is InChI=1S/C32H56N8O2/c41-22-14-13-21-23(24(22)42)32-39-30-20-12-6-5-11-19(20)28(37-30)35-26-16-8-2-1-7-15(16)25(33-26)34-27-17-9-3-4-10-18(17)29(36-27)38-31(21)40-32/h15-42H,1-14H2. The van der Waals surface area contributed by atoms with Crippen LogP contribution in [0.15, 0.2) is 0 Å². The van der Waals surface area contributed by atoms with Crippen molar-refractivity contribution in [3.8, 4) is 0 Å². The summed E-state index contributed by atoms with van der Waals surface area (Å²) in [6.07, 6.45) is 17.9. The Balaban J connectivity index is 1.06. The minimum atomic E-state index is -0.698. The van der Waals surface area contributed by atoms with Crippen LogP contribution in [0.1, 0.15) is 89.9 Å². The third-order valence-electron chi connectivity index (χ3n) is 14.0. The van der Waals surface area contributed by atoms with Crippen molar-refractivity contribution in [2.75, 3.05) is 0 Å². The summed E-state index contributed by atoms with van der Waals surface area (Å²) in [6, 6.07) is 0. The van der Waals surface area contributed by atoms with Crippen LogP contribution in [-0.2, 0) is 0 Å². The van der Waals surface area contributed by atoms with Crippen LogP contribution in [0, 0.1) is 47.3 Å². The first-order valence-electron chi connectivity index (χ1n) is 18.1. The minimum absolute atomic E-state index is 0.00376. The van der Waals surface area contributed by atoms with Gasteiger partial charge in [0.1, 0.15) is 0 Å². The predicted molar refractivity (Wildman–Crippen MR) is 160 cm³/mol. The van der Waals surface area contributed by atoms with Gasteiger partial charge in [-0.25, -0.2) is 0 Å². The summed E-state index contributed by atoms with van der Waals surface area (Å²) < 4.78 is 0. The summed E-state index contributed by atoms with van der Waals surface area (Å²) >= 11 is 0. The van der Waals surface area contributed by atoms with E-state index >= 15 is 0 Å². The summed E-state index contributed by atoms with van der Waals surface area (Å²) in [5.74, 6) is 4.14. The third kappa shape index (κ3) is 4.57. The van der Waals surface area contributed by atoms with Crippen molar-refractivity contribution < 1.29 is 10.2 Å². The van der Waals surface area contributed by atoms with E-state index in [1.807, 2.05) is 0 Å². The monoisotopic (exact) mass is 584 g/mol. The molecule has 5 aliphatic heterocycles. The Bertz CT molecular complexity index is 988. The van der Waals surface area contributed by atoms with Crippen LogP contribution in [0.5, 0.6) is 0 Å². The lowest BCUT2D eigenvalue weighted by Crippen LogP contribution is -2.62. The van der Waals surface area contributed by atoms with Crippen molar-refractivity contribution in [1.29, 1.82) is 0 Å². The summed E-state index contributed by atoms with van der Waals surface area (Å²) in [5.41, 5.74) is 0. The Hall–Kier alpha value is -0.400. The second kappa shape index (κ2) is 11.1. The fourth-order valence-electron chi connectivity index (χ4n) is 12.0. The molecule has 0 amide bonds. The summed E-state index contributed by atoms with van der Waals surface area (Å²) in [4.78, 5) is 0. The van der Waals surface area contributed by atoms with E-state index < -0.39 is 12.2 Å². The maximum absolute atomic E-state index is 11.4. The largest absolute Gasteiger partial charge is 0.390 e. The number of hydrogen-bond donors (Lipinski definition) is 10. The molecule has 5 saturated heterocycles. The number of aliphatic hydroxyl groups is 2. The number of hydrogen-bond acceptors (Lipinski definition) is 10. The quantitative estimate of drug-likeness (QED) is 0.197. The molecule has 0 aromatic rings. The molecule has 18 unspecified atom stereocenters. The molecule has 0 aromatic heterocycles. The van der Waals surface area contributed by atoms with E-state index in [-0.39, 0.29) is 30.6 Å². The molecule has 10 heteroatoms. The molecule has 0 aromatic carbocycles. The highest BCUT2D eigenvalue weighted by molar-refractivity contribution is 5.09. The maximum atomic E-state index is 11.4. The molecule has 0 radical (unpaired) electrons. The molecular formula is C32H56N8O2. The molecule has 42 heavy (non-hydrogen) atoms. The Morgan fingerprint density at radius 1 is 0.310 bits per heavy atom. The van der Waals surface area contributed by atoms with Gasteiger partial charge in [-0.15, -0.1) is 0 Å². The lowest BCUT2D eigenvalue weighted by molar-refractivity contribution is -0.0695. The van der Waals surface area contributed by atoms with Gasteiger partial charge in [0.05, 0.1) is 61.5 Å². The van der Waals surface area contributed by atoms with Gasteiger partial charge in [0, 0.05) is 5.92 Å². The van der Waals surface area contributed by atoms with Crippen LogP contribution in [-0.4, -0.2) is 71.7 Å². The van der Waals surface area contributed by atoms with Gasteiger partial charge in [-0.05, 0) is 92.8 Å². The van der Waals surface area contributed by atoms with Crippen LogP contribution < -0.4 is 42.5 Å². The van der Waals surface area contributed by atoms with Gasteiger partial charge in [-0.1, -0.05) is 38.5 Å². The smallest absolute Gasteiger partial charge is 0.0858 e. The fourth-order valence-corrected chi connectivity index (χ4v) is 12.0. The highest BCUT2D eigenvalue weighted by Gasteiger charge is 2.56. The van der Waals surface area contributed by atoms with E-state index in [9.17, 15) is 10.2 Å².